The van der Waals surface area contributed by atoms with Crippen molar-refractivity contribution < 1.29 is 23.7 Å². The first-order chi connectivity index (χ1) is 11.2. The highest BCUT2D eigenvalue weighted by Crippen LogP contribution is 2.40. The molecule has 5 heteroatoms. The minimum Gasteiger partial charge on any atom is -0.497 e. The zero-order chi connectivity index (χ0) is 16.4. The zero-order valence-electron chi connectivity index (χ0n) is 13.2. The Balaban J connectivity index is 1.93. The highest BCUT2D eigenvalue weighted by Gasteiger charge is 2.41. The van der Waals surface area contributed by atoms with Gasteiger partial charge in [0.1, 0.15) is 28.9 Å². The van der Waals surface area contributed by atoms with Gasteiger partial charge in [-0.15, -0.1) is 0 Å². The molecule has 120 valence electrons. The Labute approximate surface area is 134 Å². The molecule has 1 aliphatic heterocycles. The molecule has 0 aromatic heterocycles. The van der Waals surface area contributed by atoms with E-state index in [0.29, 0.717) is 17.1 Å². The third-order valence-corrected chi connectivity index (χ3v) is 3.94. The molecule has 5 nitrogen and oxygen atoms in total. The smallest absolute Gasteiger partial charge is 0.213 e. The molecule has 0 saturated heterocycles. The molecule has 0 saturated carbocycles. The number of Topliss-reactive ketones (excluding diaryl/α,β-unsaturated/α-hetero) is 1. The van der Waals surface area contributed by atoms with Crippen molar-refractivity contribution in [1.29, 1.82) is 0 Å². The topological polar surface area (TPSA) is 54.0 Å². The molecular weight excluding hydrogens is 296 g/mol. The molecule has 0 bridgehead atoms. The third-order valence-electron chi connectivity index (χ3n) is 3.94. The molecule has 2 aromatic rings. The molecule has 2 atom stereocenters. The van der Waals surface area contributed by atoms with E-state index in [2.05, 4.69) is 0 Å². The first kappa shape index (κ1) is 15.4. The van der Waals surface area contributed by atoms with E-state index in [1.54, 1.807) is 32.4 Å². The third kappa shape index (κ3) is 2.64. The predicted molar refractivity (Wildman–Crippen MR) is 84.5 cm³/mol. The van der Waals surface area contributed by atoms with Crippen LogP contribution in [0.15, 0.2) is 42.5 Å². The summed E-state index contributed by atoms with van der Waals surface area (Å²) in [4.78, 5) is 12.8. The van der Waals surface area contributed by atoms with Gasteiger partial charge in [-0.05, 0) is 29.8 Å². The van der Waals surface area contributed by atoms with Crippen LogP contribution < -0.4 is 14.2 Å². The average molecular weight is 314 g/mol. The second kappa shape index (κ2) is 6.30. The Hall–Kier alpha value is -2.53. The molecule has 3 rings (SSSR count). The Morgan fingerprint density at radius 1 is 1.00 bits per heavy atom. The molecule has 1 aliphatic rings. The highest BCUT2D eigenvalue weighted by molar-refractivity contribution is 6.07. The normalized spacial score (nSPS) is 17.3. The number of hydrogen-bond donors (Lipinski definition) is 0. The van der Waals surface area contributed by atoms with Crippen molar-refractivity contribution in [2.45, 2.75) is 12.2 Å². The number of carbonyl (C=O) groups excluding carboxylic acids is 1. The summed E-state index contributed by atoms with van der Waals surface area (Å²) >= 11 is 0. The van der Waals surface area contributed by atoms with E-state index in [0.717, 1.165) is 11.3 Å². The predicted octanol–water partition coefficient (Wildman–Crippen LogP) is 3.04. The molecule has 23 heavy (non-hydrogen) atoms. The van der Waals surface area contributed by atoms with Crippen molar-refractivity contribution >= 4 is 5.78 Å². The lowest BCUT2D eigenvalue weighted by atomic mass is 9.98. The summed E-state index contributed by atoms with van der Waals surface area (Å²) in [5.74, 6) is 1.64. The number of fused-ring (bicyclic) bond motifs is 1. The Morgan fingerprint density at radius 2 is 1.74 bits per heavy atom. The van der Waals surface area contributed by atoms with E-state index < -0.39 is 12.2 Å². The van der Waals surface area contributed by atoms with Crippen LogP contribution in [0.3, 0.4) is 0 Å². The van der Waals surface area contributed by atoms with Crippen molar-refractivity contribution in [1.82, 2.24) is 0 Å². The second-order valence-corrected chi connectivity index (χ2v) is 5.17. The maximum atomic E-state index is 12.8. The molecule has 0 amide bonds. The van der Waals surface area contributed by atoms with Gasteiger partial charge in [-0.3, -0.25) is 4.79 Å². The van der Waals surface area contributed by atoms with Gasteiger partial charge in [0.15, 0.2) is 6.10 Å². The number of carbonyl (C=O) groups is 1. The first-order valence-corrected chi connectivity index (χ1v) is 7.24. The Morgan fingerprint density at radius 3 is 2.35 bits per heavy atom. The van der Waals surface area contributed by atoms with Crippen molar-refractivity contribution in [3.05, 3.63) is 53.6 Å². The molecule has 2 unspecified atom stereocenters. The van der Waals surface area contributed by atoms with Gasteiger partial charge in [0.25, 0.3) is 0 Å². The summed E-state index contributed by atoms with van der Waals surface area (Å²) < 4.78 is 21.8. The fourth-order valence-corrected chi connectivity index (χ4v) is 2.78. The zero-order valence-corrected chi connectivity index (χ0v) is 13.2. The summed E-state index contributed by atoms with van der Waals surface area (Å²) in [5.41, 5.74) is 1.31. The van der Waals surface area contributed by atoms with Crippen LogP contribution in [-0.4, -0.2) is 33.2 Å². The SMILES string of the molecule is COc1ccc(C(OC)C2Oc3cccc(OC)c3C2=O)cc1. The fourth-order valence-electron chi connectivity index (χ4n) is 2.78. The number of hydrogen-bond acceptors (Lipinski definition) is 5. The van der Waals surface area contributed by atoms with Crippen LogP contribution in [0.5, 0.6) is 17.2 Å². The largest absolute Gasteiger partial charge is 0.497 e. The van der Waals surface area contributed by atoms with Gasteiger partial charge in [-0.25, -0.2) is 0 Å². The molecule has 0 spiro atoms. The van der Waals surface area contributed by atoms with Gasteiger partial charge in [0.2, 0.25) is 5.78 Å². The van der Waals surface area contributed by atoms with E-state index in [1.165, 1.54) is 7.11 Å². The molecule has 1 heterocycles. The summed E-state index contributed by atoms with van der Waals surface area (Å²) in [5, 5.41) is 0. The number of ketones is 1. The van der Waals surface area contributed by atoms with E-state index in [9.17, 15) is 4.79 Å². The van der Waals surface area contributed by atoms with Crippen LogP contribution in [0.25, 0.3) is 0 Å². The summed E-state index contributed by atoms with van der Waals surface area (Å²) in [6.07, 6.45) is -1.25. The van der Waals surface area contributed by atoms with E-state index in [-0.39, 0.29) is 5.78 Å². The minimum atomic E-state index is -0.736. The molecule has 0 N–H and O–H groups in total. The lowest BCUT2D eigenvalue weighted by molar-refractivity contribution is 0.0137. The van der Waals surface area contributed by atoms with Crippen LogP contribution >= 0.6 is 0 Å². The van der Waals surface area contributed by atoms with Crippen molar-refractivity contribution in [3.8, 4) is 17.2 Å². The molecular formula is C18H18O5. The quantitative estimate of drug-likeness (QED) is 0.849. The number of rotatable bonds is 5. The van der Waals surface area contributed by atoms with Crippen LogP contribution in [0.4, 0.5) is 0 Å². The van der Waals surface area contributed by atoms with Crippen LogP contribution in [-0.2, 0) is 4.74 Å². The van der Waals surface area contributed by atoms with Crippen LogP contribution in [0, 0.1) is 0 Å². The summed E-state index contributed by atoms with van der Waals surface area (Å²) in [6, 6.07) is 12.7. The Kier molecular flexibility index (Phi) is 4.21. The van der Waals surface area contributed by atoms with Crippen LogP contribution in [0.2, 0.25) is 0 Å². The van der Waals surface area contributed by atoms with Gasteiger partial charge in [-0.2, -0.15) is 0 Å². The lowest BCUT2D eigenvalue weighted by Crippen LogP contribution is -2.30. The van der Waals surface area contributed by atoms with Gasteiger partial charge in [-0.1, -0.05) is 18.2 Å². The molecule has 0 fully saturated rings. The maximum Gasteiger partial charge on any atom is 0.213 e. The van der Waals surface area contributed by atoms with Crippen molar-refractivity contribution in [2.75, 3.05) is 21.3 Å². The van der Waals surface area contributed by atoms with Crippen LogP contribution in [0.1, 0.15) is 22.0 Å². The van der Waals surface area contributed by atoms with Gasteiger partial charge in [0.05, 0.1) is 14.2 Å². The van der Waals surface area contributed by atoms with Gasteiger partial charge in [0, 0.05) is 7.11 Å². The standard InChI is InChI=1S/C18H18O5/c1-20-12-9-7-11(8-10-12)17(22-3)18-16(19)15-13(21-2)5-4-6-14(15)23-18/h4-10,17-18H,1-3H3. The number of ether oxygens (including phenoxy) is 4. The van der Waals surface area contributed by atoms with Gasteiger partial charge < -0.3 is 18.9 Å². The molecule has 2 aromatic carbocycles. The average Bonchev–Trinajstić information content (AvgIpc) is 2.93. The van der Waals surface area contributed by atoms with Gasteiger partial charge >= 0.3 is 0 Å². The fraction of sp³-hybridized carbons (Fsp3) is 0.278. The van der Waals surface area contributed by atoms with Crippen molar-refractivity contribution in [3.63, 3.8) is 0 Å². The first-order valence-electron chi connectivity index (χ1n) is 7.24. The lowest BCUT2D eigenvalue weighted by Gasteiger charge is -2.21. The number of benzene rings is 2. The van der Waals surface area contributed by atoms with E-state index >= 15 is 0 Å². The molecule has 0 aliphatic carbocycles. The van der Waals surface area contributed by atoms with E-state index in [1.807, 2.05) is 24.3 Å². The molecule has 0 radical (unpaired) electrons. The second-order valence-electron chi connectivity index (χ2n) is 5.17. The van der Waals surface area contributed by atoms with E-state index in [4.69, 9.17) is 18.9 Å². The summed E-state index contributed by atoms with van der Waals surface area (Å²) in [7, 11) is 4.70. The minimum absolute atomic E-state index is 0.139. The highest BCUT2D eigenvalue weighted by atomic mass is 16.5. The Bertz CT molecular complexity index is 708. The summed E-state index contributed by atoms with van der Waals surface area (Å²) in [6.45, 7) is 0. The maximum absolute atomic E-state index is 12.8. The monoisotopic (exact) mass is 314 g/mol. The van der Waals surface area contributed by atoms with Crippen molar-refractivity contribution in [2.24, 2.45) is 0 Å². The number of methoxy groups -OCH3 is 3.